The van der Waals surface area contributed by atoms with E-state index in [1.807, 2.05) is 0 Å². The second kappa shape index (κ2) is 4.90. The van der Waals surface area contributed by atoms with Crippen LogP contribution in [0, 0.1) is 0 Å². The van der Waals surface area contributed by atoms with E-state index >= 15 is 0 Å². The maximum atomic E-state index is 11.5. The summed E-state index contributed by atoms with van der Waals surface area (Å²) in [6.45, 7) is 0. The predicted molar refractivity (Wildman–Crippen MR) is 35.6 cm³/mol. The molecule has 0 saturated heterocycles. The quantitative estimate of drug-likeness (QED) is 0.608. The van der Waals surface area contributed by atoms with Crippen molar-refractivity contribution in [2.45, 2.75) is 31.9 Å². The van der Waals surface area contributed by atoms with Gasteiger partial charge in [-0.2, -0.15) is 13.2 Å². The summed E-state index contributed by atoms with van der Waals surface area (Å²) in [5.74, 6) is -0.514. The molecule has 0 saturated carbocycles. The van der Waals surface area contributed by atoms with Crippen molar-refractivity contribution in [2.75, 3.05) is 0 Å². The first kappa shape index (κ1) is 11.1. The topological polar surface area (TPSA) is 34.1 Å². The lowest BCUT2D eigenvalue weighted by Gasteiger charge is -2.03. The Bertz CT molecular complexity index is 163. The molecule has 0 unspecified atom stereocenters. The molecule has 0 rings (SSSR count). The van der Waals surface area contributed by atoms with Gasteiger partial charge in [-0.25, -0.2) is 0 Å². The molecule has 0 fully saturated rings. The molecule has 0 aliphatic rings. The van der Waals surface area contributed by atoms with Crippen LogP contribution in [0.15, 0.2) is 0 Å². The monoisotopic (exact) mass is 182 g/mol. The van der Waals surface area contributed by atoms with E-state index < -0.39 is 24.8 Å². The first-order valence-electron chi connectivity index (χ1n) is 3.48. The van der Waals surface area contributed by atoms with Gasteiger partial charge in [-0.3, -0.25) is 4.79 Å². The highest BCUT2D eigenvalue weighted by atomic mass is 19.4. The lowest BCUT2D eigenvalue weighted by atomic mass is 10.1. The van der Waals surface area contributed by atoms with E-state index in [9.17, 15) is 22.8 Å². The molecule has 0 amide bonds. The molecular weight excluding hydrogens is 173 g/mol. The molecule has 0 N–H and O–H groups in total. The van der Waals surface area contributed by atoms with E-state index in [1.54, 1.807) is 0 Å². The van der Waals surface area contributed by atoms with E-state index in [0.29, 0.717) is 6.29 Å². The molecule has 0 heterocycles. The number of carbonyl (C=O) groups excluding carboxylic acids is 2. The zero-order chi connectivity index (χ0) is 9.61. The van der Waals surface area contributed by atoms with Crippen LogP contribution >= 0.6 is 0 Å². The van der Waals surface area contributed by atoms with Gasteiger partial charge in [0, 0.05) is 19.3 Å². The van der Waals surface area contributed by atoms with Crippen LogP contribution in [0.1, 0.15) is 25.7 Å². The van der Waals surface area contributed by atoms with E-state index in [-0.39, 0.29) is 12.8 Å². The highest BCUT2D eigenvalue weighted by Gasteiger charge is 2.27. The summed E-state index contributed by atoms with van der Waals surface area (Å²) < 4.78 is 34.5. The van der Waals surface area contributed by atoms with Crippen molar-refractivity contribution in [3.8, 4) is 0 Å². The van der Waals surface area contributed by atoms with Gasteiger partial charge in [0.1, 0.15) is 12.1 Å². The van der Waals surface area contributed by atoms with Crippen molar-refractivity contribution in [1.29, 1.82) is 0 Å². The van der Waals surface area contributed by atoms with Crippen LogP contribution in [0.25, 0.3) is 0 Å². The zero-order valence-corrected chi connectivity index (χ0v) is 6.36. The Kier molecular flexibility index (Phi) is 4.54. The van der Waals surface area contributed by atoms with E-state index in [2.05, 4.69) is 0 Å². The summed E-state index contributed by atoms with van der Waals surface area (Å²) in [5.41, 5.74) is 0. The van der Waals surface area contributed by atoms with Crippen molar-refractivity contribution in [3.05, 3.63) is 0 Å². The van der Waals surface area contributed by atoms with Crippen LogP contribution < -0.4 is 0 Å². The van der Waals surface area contributed by atoms with Crippen LogP contribution in [-0.4, -0.2) is 18.2 Å². The highest BCUT2D eigenvalue weighted by Crippen LogP contribution is 2.21. The first-order chi connectivity index (χ1) is 5.45. The Morgan fingerprint density at radius 3 is 2.25 bits per heavy atom. The molecule has 0 radical (unpaired) electrons. The summed E-state index contributed by atoms with van der Waals surface area (Å²) in [6, 6.07) is 0. The molecule has 5 heteroatoms. The fraction of sp³-hybridized carbons (Fsp3) is 0.714. The van der Waals surface area contributed by atoms with Gasteiger partial charge >= 0.3 is 6.18 Å². The maximum absolute atomic E-state index is 11.5. The van der Waals surface area contributed by atoms with Gasteiger partial charge in [0.15, 0.2) is 0 Å². The average Bonchev–Trinajstić information content (AvgIpc) is 1.95. The van der Waals surface area contributed by atoms with Gasteiger partial charge in [0.05, 0.1) is 6.42 Å². The average molecular weight is 182 g/mol. The predicted octanol–water partition coefficient (Wildman–Crippen LogP) is 1.88. The molecular formula is C7H9F3O2. The van der Waals surface area contributed by atoms with Crippen LogP contribution in [0.5, 0.6) is 0 Å². The molecule has 0 spiro atoms. The van der Waals surface area contributed by atoms with Crippen molar-refractivity contribution in [3.63, 3.8) is 0 Å². The van der Waals surface area contributed by atoms with Gasteiger partial charge in [-0.05, 0) is 0 Å². The molecule has 2 nitrogen and oxygen atoms in total. The number of Topliss-reactive ketones (excluding diaryl/α,β-unsaturated/α-hetero) is 1. The summed E-state index contributed by atoms with van der Waals surface area (Å²) in [4.78, 5) is 20.3. The SMILES string of the molecule is O=CCCC(=O)CCC(F)(F)F. The Morgan fingerprint density at radius 2 is 1.83 bits per heavy atom. The minimum atomic E-state index is -4.28. The van der Waals surface area contributed by atoms with Gasteiger partial charge in [0.2, 0.25) is 0 Å². The summed E-state index contributed by atoms with van der Waals surface area (Å²) >= 11 is 0. The third kappa shape index (κ3) is 7.24. The smallest absolute Gasteiger partial charge is 0.303 e. The number of halogens is 3. The molecule has 12 heavy (non-hydrogen) atoms. The maximum Gasteiger partial charge on any atom is 0.389 e. The van der Waals surface area contributed by atoms with E-state index in [0.717, 1.165) is 0 Å². The fourth-order valence-corrected chi connectivity index (χ4v) is 0.626. The number of rotatable bonds is 5. The van der Waals surface area contributed by atoms with Crippen LogP contribution in [0.2, 0.25) is 0 Å². The van der Waals surface area contributed by atoms with Gasteiger partial charge in [-0.15, -0.1) is 0 Å². The van der Waals surface area contributed by atoms with Crippen LogP contribution in [0.4, 0.5) is 13.2 Å². The van der Waals surface area contributed by atoms with Gasteiger partial charge in [0.25, 0.3) is 0 Å². The molecule has 0 aliphatic heterocycles. The summed E-state index contributed by atoms with van der Waals surface area (Å²) in [7, 11) is 0. The second-order valence-electron chi connectivity index (χ2n) is 2.36. The third-order valence-corrected chi connectivity index (χ3v) is 1.23. The van der Waals surface area contributed by atoms with Crippen LogP contribution in [0.3, 0.4) is 0 Å². The molecule has 70 valence electrons. The Balaban J connectivity index is 3.51. The molecule has 0 bridgehead atoms. The third-order valence-electron chi connectivity index (χ3n) is 1.23. The first-order valence-corrected chi connectivity index (χ1v) is 3.48. The fourth-order valence-electron chi connectivity index (χ4n) is 0.626. The highest BCUT2D eigenvalue weighted by molar-refractivity contribution is 5.80. The number of aldehydes is 1. The Hall–Kier alpha value is -0.870. The van der Waals surface area contributed by atoms with Crippen LogP contribution in [-0.2, 0) is 9.59 Å². The minimum Gasteiger partial charge on any atom is -0.303 e. The van der Waals surface area contributed by atoms with Crippen molar-refractivity contribution < 1.29 is 22.8 Å². The summed E-state index contributed by atoms with van der Waals surface area (Å²) in [6.07, 6.45) is -5.44. The normalized spacial score (nSPS) is 11.2. The van der Waals surface area contributed by atoms with Crippen molar-refractivity contribution >= 4 is 12.1 Å². The molecule has 0 aliphatic carbocycles. The second-order valence-corrected chi connectivity index (χ2v) is 2.36. The Labute approximate surface area is 67.7 Å². The summed E-state index contributed by atoms with van der Waals surface area (Å²) in [5, 5.41) is 0. The lowest BCUT2D eigenvalue weighted by molar-refractivity contribution is -0.143. The molecule has 0 aromatic carbocycles. The Morgan fingerprint density at radius 1 is 1.25 bits per heavy atom. The van der Waals surface area contributed by atoms with E-state index in [1.165, 1.54) is 0 Å². The number of carbonyl (C=O) groups is 2. The van der Waals surface area contributed by atoms with Gasteiger partial charge in [-0.1, -0.05) is 0 Å². The van der Waals surface area contributed by atoms with Gasteiger partial charge < -0.3 is 4.79 Å². The minimum absolute atomic E-state index is 0.0106. The lowest BCUT2D eigenvalue weighted by Crippen LogP contribution is -2.10. The zero-order valence-electron chi connectivity index (χ0n) is 6.36. The molecule has 0 aromatic heterocycles. The standard InChI is InChI=1S/C7H9F3O2/c8-7(9,10)4-3-6(12)2-1-5-11/h5H,1-4H2. The van der Waals surface area contributed by atoms with Crippen molar-refractivity contribution in [2.24, 2.45) is 0 Å². The van der Waals surface area contributed by atoms with Crippen molar-refractivity contribution in [1.82, 2.24) is 0 Å². The molecule has 0 aromatic rings. The largest absolute Gasteiger partial charge is 0.389 e. The number of hydrogen-bond acceptors (Lipinski definition) is 2. The number of alkyl halides is 3. The number of hydrogen-bond donors (Lipinski definition) is 0. The molecule has 0 atom stereocenters. The number of ketones is 1. The van der Waals surface area contributed by atoms with E-state index in [4.69, 9.17) is 0 Å².